The highest BCUT2D eigenvalue weighted by atomic mass is 16.5. The lowest BCUT2D eigenvalue weighted by molar-refractivity contribution is -0.118. The molecule has 0 radical (unpaired) electrons. The lowest BCUT2D eigenvalue weighted by atomic mass is 10.2. The van der Waals surface area contributed by atoms with Crippen molar-refractivity contribution in [2.45, 2.75) is 6.92 Å². The van der Waals surface area contributed by atoms with Gasteiger partial charge in [0.1, 0.15) is 6.54 Å². The quantitative estimate of drug-likeness (QED) is 0.802. The molecule has 0 saturated carbocycles. The third kappa shape index (κ3) is 4.12. The van der Waals surface area contributed by atoms with Gasteiger partial charge in [0.2, 0.25) is 5.84 Å². The fourth-order valence-electron chi connectivity index (χ4n) is 2.48. The summed E-state index contributed by atoms with van der Waals surface area (Å²) >= 11 is 0. The summed E-state index contributed by atoms with van der Waals surface area (Å²) in [5.74, 6) is -1.31. The van der Waals surface area contributed by atoms with E-state index in [0.29, 0.717) is 16.9 Å². The van der Waals surface area contributed by atoms with Crippen molar-refractivity contribution in [1.29, 1.82) is 0 Å². The molecule has 0 atom stereocenters. The van der Waals surface area contributed by atoms with Gasteiger partial charge in [0, 0.05) is 5.69 Å². The molecule has 0 aliphatic carbocycles. The van der Waals surface area contributed by atoms with E-state index in [1.165, 1.54) is 18.2 Å². The third-order valence-corrected chi connectivity index (χ3v) is 3.89. The number of methoxy groups -OCH3 is 1. The van der Waals surface area contributed by atoms with Gasteiger partial charge < -0.3 is 10.1 Å². The molecule has 2 aromatic rings. The summed E-state index contributed by atoms with van der Waals surface area (Å²) in [6, 6.07) is 13.6. The summed E-state index contributed by atoms with van der Waals surface area (Å²) in [6.45, 7) is 1.80. The summed E-state index contributed by atoms with van der Waals surface area (Å²) in [6.07, 6.45) is 0. The summed E-state index contributed by atoms with van der Waals surface area (Å²) in [7, 11) is 1.28. The van der Waals surface area contributed by atoms with Crippen molar-refractivity contribution in [1.82, 2.24) is 5.43 Å². The first-order chi connectivity index (χ1) is 13.0. The van der Waals surface area contributed by atoms with Crippen LogP contribution in [0.3, 0.4) is 0 Å². The summed E-state index contributed by atoms with van der Waals surface area (Å²) in [4.78, 5) is 40.2. The van der Waals surface area contributed by atoms with Gasteiger partial charge in [-0.05, 0) is 37.3 Å². The molecular weight excluding hydrogens is 348 g/mol. The van der Waals surface area contributed by atoms with Crippen molar-refractivity contribution in [2.75, 3.05) is 24.0 Å². The smallest absolute Gasteiger partial charge is 0.337 e. The maximum Gasteiger partial charge on any atom is 0.337 e. The van der Waals surface area contributed by atoms with Crippen molar-refractivity contribution in [2.24, 2.45) is 4.99 Å². The van der Waals surface area contributed by atoms with Crippen molar-refractivity contribution < 1.29 is 19.1 Å². The summed E-state index contributed by atoms with van der Waals surface area (Å²) in [5.41, 5.74) is 5.12. The average molecular weight is 366 g/mol. The Kier molecular flexibility index (Phi) is 5.16. The number of esters is 1. The standard InChI is InChI=1S/C19H18N4O4/c1-12-6-8-15(9-7-12)23-16(24)11-20-17(22-23)18(25)21-14-5-3-4-13(10-14)19(26)27-2/h3-10H,11H2,1-2H3,(H,20,22)(H,21,25). The molecule has 1 aliphatic heterocycles. The SMILES string of the molecule is COC(=O)c1cccc(NC(=O)C2=NCC(=O)N(c3ccc(C)cc3)N2)c1. The molecule has 8 nitrogen and oxygen atoms in total. The maximum absolute atomic E-state index is 12.5. The first kappa shape index (κ1) is 18.1. The molecule has 27 heavy (non-hydrogen) atoms. The lowest BCUT2D eigenvalue weighted by Gasteiger charge is -2.27. The Morgan fingerprint density at radius 1 is 1.19 bits per heavy atom. The molecule has 0 aromatic heterocycles. The van der Waals surface area contributed by atoms with Gasteiger partial charge >= 0.3 is 5.97 Å². The van der Waals surface area contributed by atoms with E-state index >= 15 is 0 Å². The second-order valence-corrected chi connectivity index (χ2v) is 5.87. The van der Waals surface area contributed by atoms with E-state index < -0.39 is 11.9 Å². The number of rotatable bonds is 4. The molecule has 3 rings (SSSR count). The predicted octanol–water partition coefficient (Wildman–Crippen LogP) is 1.67. The molecule has 2 aromatic carbocycles. The van der Waals surface area contributed by atoms with Crippen LogP contribution in [0.1, 0.15) is 15.9 Å². The Morgan fingerprint density at radius 2 is 1.93 bits per heavy atom. The van der Waals surface area contributed by atoms with Gasteiger partial charge in [-0.15, -0.1) is 0 Å². The number of hydrazine groups is 1. The van der Waals surface area contributed by atoms with Crippen LogP contribution < -0.4 is 15.8 Å². The number of aliphatic imine (C=N–C) groups is 1. The van der Waals surface area contributed by atoms with Crippen LogP contribution in [0.5, 0.6) is 0 Å². The van der Waals surface area contributed by atoms with Crippen LogP contribution in [0.2, 0.25) is 0 Å². The number of benzene rings is 2. The number of hydrogen-bond acceptors (Lipinski definition) is 6. The third-order valence-electron chi connectivity index (χ3n) is 3.89. The Balaban J connectivity index is 1.74. The van der Waals surface area contributed by atoms with E-state index in [9.17, 15) is 14.4 Å². The molecule has 138 valence electrons. The van der Waals surface area contributed by atoms with E-state index in [1.54, 1.807) is 30.3 Å². The normalized spacial score (nSPS) is 13.5. The topological polar surface area (TPSA) is 100 Å². The zero-order valence-electron chi connectivity index (χ0n) is 14.9. The largest absolute Gasteiger partial charge is 0.465 e. The van der Waals surface area contributed by atoms with Gasteiger partial charge in [-0.25, -0.2) is 9.80 Å². The molecule has 1 heterocycles. The van der Waals surface area contributed by atoms with Gasteiger partial charge in [0.25, 0.3) is 11.8 Å². The Morgan fingerprint density at radius 3 is 2.63 bits per heavy atom. The second kappa shape index (κ2) is 7.69. The van der Waals surface area contributed by atoms with Crippen LogP contribution in [0.25, 0.3) is 0 Å². The Labute approximate surface area is 155 Å². The van der Waals surface area contributed by atoms with Gasteiger partial charge in [-0.1, -0.05) is 23.8 Å². The highest BCUT2D eigenvalue weighted by Crippen LogP contribution is 2.16. The van der Waals surface area contributed by atoms with Crippen LogP contribution in [0.15, 0.2) is 53.5 Å². The van der Waals surface area contributed by atoms with Crippen LogP contribution in [-0.2, 0) is 14.3 Å². The number of aryl methyl sites for hydroxylation is 1. The van der Waals surface area contributed by atoms with Crippen LogP contribution in [0.4, 0.5) is 11.4 Å². The highest BCUT2D eigenvalue weighted by Gasteiger charge is 2.25. The summed E-state index contributed by atoms with van der Waals surface area (Å²) in [5, 5.41) is 3.93. The van der Waals surface area contributed by atoms with E-state index in [0.717, 1.165) is 5.56 Å². The number of ether oxygens (including phenoxy) is 1. The predicted molar refractivity (Wildman–Crippen MR) is 101 cm³/mol. The fourth-order valence-corrected chi connectivity index (χ4v) is 2.48. The van der Waals surface area contributed by atoms with Crippen molar-refractivity contribution in [3.05, 3.63) is 59.7 Å². The number of nitrogens with zero attached hydrogens (tertiary/aromatic N) is 2. The molecule has 2 N–H and O–H groups in total. The first-order valence-electron chi connectivity index (χ1n) is 8.18. The zero-order chi connectivity index (χ0) is 19.4. The average Bonchev–Trinajstić information content (AvgIpc) is 2.68. The monoisotopic (exact) mass is 366 g/mol. The highest BCUT2D eigenvalue weighted by molar-refractivity contribution is 6.43. The van der Waals surface area contributed by atoms with Crippen molar-refractivity contribution in [3.63, 3.8) is 0 Å². The minimum Gasteiger partial charge on any atom is -0.465 e. The number of amidine groups is 1. The molecule has 0 unspecified atom stereocenters. The summed E-state index contributed by atoms with van der Waals surface area (Å²) < 4.78 is 4.66. The van der Waals surface area contributed by atoms with Gasteiger partial charge in [0.05, 0.1) is 18.4 Å². The second-order valence-electron chi connectivity index (χ2n) is 5.87. The number of carbonyl (C=O) groups is 3. The number of carbonyl (C=O) groups excluding carboxylic acids is 3. The van der Waals surface area contributed by atoms with Gasteiger partial charge in [0.15, 0.2) is 0 Å². The van der Waals surface area contributed by atoms with Crippen LogP contribution in [-0.4, -0.2) is 37.3 Å². The van der Waals surface area contributed by atoms with Crippen molar-refractivity contribution in [3.8, 4) is 0 Å². The lowest BCUT2D eigenvalue weighted by Crippen LogP contribution is -2.54. The van der Waals surface area contributed by atoms with Crippen molar-refractivity contribution >= 4 is 35.0 Å². The minimum atomic E-state index is -0.526. The number of hydrogen-bond donors (Lipinski definition) is 2. The Hall–Kier alpha value is -3.68. The minimum absolute atomic E-state index is 0.00125. The van der Waals surface area contributed by atoms with E-state index in [-0.39, 0.29) is 18.3 Å². The molecule has 2 amide bonds. The fraction of sp³-hybridized carbons (Fsp3) is 0.158. The van der Waals surface area contributed by atoms with E-state index in [1.807, 2.05) is 19.1 Å². The molecule has 0 bridgehead atoms. The molecule has 8 heteroatoms. The van der Waals surface area contributed by atoms with E-state index in [2.05, 4.69) is 20.5 Å². The number of anilines is 2. The molecule has 0 spiro atoms. The van der Waals surface area contributed by atoms with E-state index in [4.69, 9.17) is 0 Å². The molecule has 0 saturated heterocycles. The maximum atomic E-state index is 12.5. The first-order valence-corrected chi connectivity index (χ1v) is 8.18. The number of nitrogens with one attached hydrogen (secondary N) is 2. The zero-order valence-corrected chi connectivity index (χ0v) is 14.9. The Bertz CT molecular complexity index is 922. The van der Waals surface area contributed by atoms with Crippen LogP contribution >= 0.6 is 0 Å². The molecular formula is C19H18N4O4. The molecule has 0 fully saturated rings. The van der Waals surface area contributed by atoms with Gasteiger partial charge in [-0.2, -0.15) is 0 Å². The van der Waals surface area contributed by atoms with Crippen LogP contribution in [0, 0.1) is 6.92 Å². The number of amides is 2. The molecule has 1 aliphatic rings. The van der Waals surface area contributed by atoms with Gasteiger partial charge in [-0.3, -0.25) is 20.0 Å².